The van der Waals surface area contributed by atoms with Crippen LogP contribution in [0.3, 0.4) is 0 Å². The average molecular weight is 337 g/mol. The number of urea groups is 1. The fourth-order valence-electron chi connectivity index (χ4n) is 3.04. The third-order valence-electron chi connectivity index (χ3n) is 4.38. The van der Waals surface area contributed by atoms with Gasteiger partial charge in [-0.2, -0.15) is 0 Å². The molecule has 0 spiro atoms. The van der Waals surface area contributed by atoms with E-state index in [9.17, 15) is 9.59 Å². The van der Waals surface area contributed by atoms with Crippen LogP contribution in [0.2, 0.25) is 0 Å². The maximum atomic E-state index is 12.3. The number of carbonyl (C=O) groups is 2. The molecule has 0 radical (unpaired) electrons. The number of carbonyl (C=O) groups excluding carboxylic acids is 2. The van der Waals surface area contributed by atoms with Gasteiger partial charge in [-0.15, -0.1) is 0 Å². The van der Waals surface area contributed by atoms with Gasteiger partial charge in [0.15, 0.2) is 0 Å². The molecule has 130 valence electrons. The molecule has 2 aromatic carbocycles. The second kappa shape index (κ2) is 8.33. The van der Waals surface area contributed by atoms with Crippen molar-refractivity contribution in [3.05, 3.63) is 60.2 Å². The number of hydrogen-bond donors (Lipinski definition) is 3. The Morgan fingerprint density at radius 3 is 2.00 bits per heavy atom. The SMILES string of the molecule is O=C(Nc1ccccc1)Nc1ccc(C(=O)NC2CCCCC2)cc1. The van der Waals surface area contributed by atoms with Gasteiger partial charge in [-0.3, -0.25) is 4.79 Å². The van der Waals surface area contributed by atoms with Crippen molar-refractivity contribution in [2.75, 3.05) is 10.6 Å². The molecule has 0 bridgehead atoms. The number of hydrogen-bond acceptors (Lipinski definition) is 2. The molecule has 3 rings (SSSR count). The van der Waals surface area contributed by atoms with Gasteiger partial charge in [-0.05, 0) is 49.2 Å². The third-order valence-corrected chi connectivity index (χ3v) is 4.38. The highest BCUT2D eigenvalue weighted by molar-refractivity contribution is 6.00. The van der Waals surface area contributed by atoms with E-state index in [-0.39, 0.29) is 18.0 Å². The molecule has 3 N–H and O–H groups in total. The van der Waals surface area contributed by atoms with Crippen molar-refractivity contribution in [1.82, 2.24) is 5.32 Å². The van der Waals surface area contributed by atoms with Gasteiger partial charge in [-0.25, -0.2) is 4.79 Å². The van der Waals surface area contributed by atoms with Gasteiger partial charge in [-0.1, -0.05) is 37.5 Å². The Bertz CT molecular complexity index is 707. The van der Waals surface area contributed by atoms with Crippen LogP contribution in [0.15, 0.2) is 54.6 Å². The molecular weight excluding hydrogens is 314 g/mol. The van der Waals surface area contributed by atoms with Crippen molar-refractivity contribution in [1.29, 1.82) is 0 Å². The van der Waals surface area contributed by atoms with Crippen LogP contribution in [0, 0.1) is 0 Å². The van der Waals surface area contributed by atoms with Gasteiger partial charge < -0.3 is 16.0 Å². The smallest absolute Gasteiger partial charge is 0.323 e. The number of para-hydroxylation sites is 1. The summed E-state index contributed by atoms with van der Waals surface area (Å²) in [5.74, 6) is -0.0489. The maximum absolute atomic E-state index is 12.3. The van der Waals surface area contributed by atoms with Crippen molar-refractivity contribution in [2.24, 2.45) is 0 Å². The van der Waals surface area contributed by atoms with E-state index in [0.717, 1.165) is 18.5 Å². The second-order valence-corrected chi connectivity index (χ2v) is 6.33. The van der Waals surface area contributed by atoms with E-state index >= 15 is 0 Å². The first-order chi connectivity index (χ1) is 12.2. The van der Waals surface area contributed by atoms with Gasteiger partial charge in [0.2, 0.25) is 0 Å². The molecule has 1 aliphatic rings. The Hall–Kier alpha value is -2.82. The molecule has 1 fully saturated rings. The van der Waals surface area contributed by atoms with Gasteiger partial charge in [0, 0.05) is 23.0 Å². The first-order valence-corrected chi connectivity index (χ1v) is 8.75. The summed E-state index contributed by atoms with van der Waals surface area (Å²) in [5, 5.41) is 8.60. The van der Waals surface area contributed by atoms with Crippen LogP contribution in [0.25, 0.3) is 0 Å². The number of anilines is 2. The Morgan fingerprint density at radius 1 is 0.760 bits per heavy atom. The lowest BCUT2D eigenvalue weighted by atomic mass is 9.95. The molecule has 0 heterocycles. The van der Waals surface area contributed by atoms with Crippen LogP contribution in [-0.4, -0.2) is 18.0 Å². The first kappa shape index (κ1) is 17.0. The van der Waals surface area contributed by atoms with Crippen LogP contribution < -0.4 is 16.0 Å². The standard InChI is InChI=1S/C20H23N3O2/c24-19(21-16-7-3-1-4-8-16)15-11-13-18(14-12-15)23-20(25)22-17-9-5-2-6-10-17/h2,5-6,9-14,16H,1,3-4,7-8H2,(H,21,24)(H2,22,23,25). The summed E-state index contributed by atoms with van der Waals surface area (Å²) in [6.45, 7) is 0. The summed E-state index contributed by atoms with van der Waals surface area (Å²) >= 11 is 0. The van der Waals surface area contributed by atoms with E-state index in [1.807, 2.05) is 30.3 Å². The normalized spacial score (nSPS) is 14.6. The fourth-order valence-corrected chi connectivity index (χ4v) is 3.04. The van der Waals surface area contributed by atoms with E-state index in [4.69, 9.17) is 0 Å². The molecule has 1 saturated carbocycles. The highest BCUT2D eigenvalue weighted by atomic mass is 16.2. The molecular formula is C20H23N3O2. The zero-order valence-electron chi connectivity index (χ0n) is 14.1. The molecule has 5 heteroatoms. The molecule has 0 aliphatic heterocycles. The van der Waals surface area contributed by atoms with E-state index in [1.165, 1.54) is 19.3 Å². The van der Waals surface area contributed by atoms with E-state index in [1.54, 1.807) is 24.3 Å². The van der Waals surface area contributed by atoms with Gasteiger partial charge in [0.05, 0.1) is 0 Å². The van der Waals surface area contributed by atoms with Crippen LogP contribution >= 0.6 is 0 Å². The molecule has 0 saturated heterocycles. The van der Waals surface area contributed by atoms with Crippen molar-refractivity contribution in [3.63, 3.8) is 0 Å². The number of rotatable bonds is 4. The molecule has 2 aromatic rings. The van der Waals surface area contributed by atoms with Crippen LogP contribution in [0.5, 0.6) is 0 Å². The number of amides is 3. The molecule has 25 heavy (non-hydrogen) atoms. The minimum absolute atomic E-state index is 0.0489. The highest BCUT2D eigenvalue weighted by Gasteiger charge is 2.16. The highest BCUT2D eigenvalue weighted by Crippen LogP contribution is 2.18. The summed E-state index contributed by atoms with van der Waals surface area (Å²) in [5.41, 5.74) is 1.98. The predicted molar refractivity (Wildman–Crippen MR) is 99.9 cm³/mol. The molecule has 0 aromatic heterocycles. The second-order valence-electron chi connectivity index (χ2n) is 6.33. The quantitative estimate of drug-likeness (QED) is 0.774. The first-order valence-electron chi connectivity index (χ1n) is 8.75. The van der Waals surface area contributed by atoms with E-state index in [0.29, 0.717) is 11.3 Å². The predicted octanol–water partition coefficient (Wildman–Crippen LogP) is 4.39. The minimum atomic E-state index is -0.314. The Kier molecular flexibility index (Phi) is 5.67. The van der Waals surface area contributed by atoms with Crippen molar-refractivity contribution >= 4 is 23.3 Å². The topological polar surface area (TPSA) is 70.2 Å². The lowest BCUT2D eigenvalue weighted by molar-refractivity contribution is 0.0927. The lowest BCUT2D eigenvalue weighted by Gasteiger charge is -2.22. The summed E-state index contributed by atoms with van der Waals surface area (Å²) in [4.78, 5) is 24.2. The fraction of sp³-hybridized carbons (Fsp3) is 0.300. The molecule has 0 unspecified atom stereocenters. The Balaban J connectivity index is 1.52. The van der Waals surface area contributed by atoms with Crippen molar-refractivity contribution in [2.45, 2.75) is 38.1 Å². The van der Waals surface area contributed by atoms with Gasteiger partial charge >= 0.3 is 6.03 Å². The van der Waals surface area contributed by atoms with E-state index in [2.05, 4.69) is 16.0 Å². The maximum Gasteiger partial charge on any atom is 0.323 e. The zero-order chi connectivity index (χ0) is 17.5. The van der Waals surface area contributed by atoms with Gasteiger partial charge in [0.25, 0.3) is 5.91 Å². The summed E-state index contributed by atoms with van der Waals surface area (Å²) < 4.78 is 0. The van der Waals surface area contributed by atoms with Crippen LogP contribution in [0.1, 0.15) is 42.5 Å². The Labute approximate surface area is 147 Å². The molecule has 1 aliphatic carbocycles. The largest absolute Gasteiger partial charge is 0.349 e. The molecule has 5 nitrogen and oxygen atoms in total. The van der Waals surface area contributed by atoms with Crippen LogP contribution in [-0.2, 0) is 0 Å². The third kappa shape index (κ3) is 5.08. The van der Waals surface area contributed by atoms with Crippen LogP contribution in [0.4, 0.5) is 16.2 Å². The zero-order valence-corrected chi connectivity index (χ0v) is 14.1. The molecule has 0 atom stereocenters. The molecule has 3 amide bonds. The minimum Gasteiger partial charge on any atom is -0.349 e. The summed E-state index contributed by atoms with van der Waals surface area (Å²) in [6.07, 6.45) is 5.75. The number of nitrogens with one attached hydrogen (secondary N) is 3. The monoisotopic (exact) mass is 337 g/mol. The van der Waals surface area contributed by atoms with E-state index < -0.39 is 0 Å². The lowest BCUT2D eigenvalue weighted by Crippen LogP contribution is -2.36. The number of benzene rings is 2. The van der Waals surface area contributed by atoms with Crippen molar-refractivity contribution in [3.8, 4) is 0 Å². The Morgan fingerprint density at radius 2 is 1.36 bits per heavy atom. The average Bonchev–Trinajstić information content (AvgIpc) is 2.64. The summed E-state index contributed by atoms with van der Waals surface area (Å²) in [7, 11) is 0. The van der Waals surface area contributed by atoms with Gasteiger partial charge in [0.1, 0.15) is 0 Å². The van der Waals surface area contributed by atoms with Crippen molar-refractivity contribution < 1.29 is 9.59 Å². The summed E-state index contributed by atoms with van der Waals surface area (Å²) in [6, 6.07) is 16.1.